The maximum Gasteiger partial charge on any atom is 0.122 e. The molecule has 1 heterocycles. The van der Waals surface area contributed by atoms with Gasteiger partial charge in [0.2, 0.25) is 0 Å². The fourth-order valence-electron chi connectivity index (χ4n) is 0.808. The van der Waals surface area contributed by atoms with Crippen LogP contribution in [0.5, 0.6) is 0 Å². The number of nitrogens with zero attached hydrogens (tertiary/aromatic N) is 1. The Bertz CT molecular complexity index is 134. The van der Waals surface area contributed by atoms with E-state index in [4.69, 9.17) is 0 Å². The van der Waals surface area contributed by atoms with Crippen molar-refractivity contribution >= 4 is 12.7 Å². The molecular weight excluding hydrogens is 257 g/mol. The first-order valence-corrected chi connectivity index (χ1v) is 4.28. The van der Waals surface area contributed by atoms with E-state index >= 15 is 0 Å². The summed E-state index contributed by atoms with van der Waals surface area (Å²) >= 11 is 0. The molecule has 1 rings (SSSR count). The van der Waals surface area contributed by atoms with E-state index in [0.717, 1.165) is 32.2 Å². The van der Waals surface area contributed by atoms with Gasteiger partial charge in [-0.2, -0.15) is 6.41 Å². The van der Waals surface area contributed by atoms with Gasteiger partial charge in [-0.15, -0.1) is 0 Å². The monoisotopic (exact) mass is 273 g/mol. The molecular formula is C9H16NO2Rh-. The van der Waals surface area contributed by atoms with Crippen LogP contribution in [0, 0.1) is 5.92 Å². The van der Waals surface area contributed by atoms with Crippen LogP contribution in [0.1, 0.15) is 26.7 Å². The predicted octanol–water partition coefficient (Wildman–Crippen LogP) is 0.988. The van der Waals surface area contributed by atoms with Crippen LogP contribution in [0.25, 0.3) is 0 Å². The van der Waals surface area contributed by atoms with Crippen LogP contribution in [0.15, 0.2) is 0 Å². The van der Waals surface area contributed by atoms with Crippen LogP contribution in [0.2, 0.25) is 0 Å². The molecule has 0 aromatic carbocycles. The van der Waals surface area contributed by atoms with Crippen molar-refractivity contribution in [2.24, 2.45) is 5.92 Å². The number of rotatable bonds is 2. The van der Waals surface area contributed by atoms with Crippen molar-refractivity contribution in [2.45, 2.75) is 26.7 Å². The largest absolute Gasteiger partial charge is 0.520 e. The Morgan fingerprint density at radius 3 is 1.85 bits per heavy atom. The first kappa shape index (κ1) is 15.2. The molecule has 0 aromatic heterocycles. The van der Waals surface area contributed by atoms with E-state index in [9.17, 15) is 9.59 Å². The Morgan fingerprint density at radius 2 is 1.69 bits per heavy atom. The number of carbonyl (C=O) groups excluding carboxylic acids is 2. The summed E-state index contributed by atoms with van der Waals surface area (Å²) in [7, 11) is 0. The van der Waals surface area contributed by atoms with Gasteiger partial charge < -0.3 is 14.5 Å². The Kier molecular flexibility index (Phi) is 11.5. The fraction of sp³-hybridized carbons (Fsp3) is 0.778. The summed E-state index contributed by atoms with van der Waals surface area (Å²) in [6.45, 7) is 5.55. The van der Waals surface area contributed by atoms with Crippen LogP contribution in [-0.4, -0.2) is 30.7 Å². The molecule has 4 heteroatoms. The average molecular weight is 273 g/mol. The Labute approximate surface area is 92.6 Å². The minimum Gasteiger partial charge on any atom is -0.520 e. The maximum absolute atomic E-state index is 9.81. The van der Waals surface area contributed by atoms with Gasteiger partial charge in [0.25, 0.3) is 0 Å². The van der Waals surface area contributed by atoms with Gasteiger partial charge in [0.1, 0.15) is 6.29 Å². The Hall–Kier alpha value is -0.237. The molecule has 1 aliphatic heterocycles. The average Bonchev–Trinajstić information content (AvgIpc) is 2.57. The first-order valence-electron chi connectivity index (χ1n) is 4.28. The standard InChI is InChI=1S/C5H8NO.C4H8O.Rh/c7-5-6-3-1-2-4-6;1-4(2)3-5;/h1-4H2;3-4H,1-2H3;/q-1;;. The third-order valence-corrected chi connectivity index (χ3v) is 1.51. The molecule has 3 nitrogen and oxygen atoms in total. The summed E-state index contributed by atoms with van der Waals surface area (Å²) < 4.78 is 0. The van der Waals surface area contributed by atoms with E-state index in [1.54, 1.807) is 4.90 Å². The summed E-state index contributed by atoms with van der Waals surface area (Å²) in [5.41, 5.74) is 0. The molecule has 0 N–H and O–H groups in total. The van der Waals surface area contributed by atoms with E-state index in [1.165, 1.54) is 0 Å². The van der Waals surface area contributed by atoms with Crippen molar-refractivity contribution in [2.75, 3.05) is 13.1 Å². The topological polar surface area (TPSA) is 37.4 Å². The van der Waals surface area contributed by atoms with Gasteiger partial charge in [0, 0.05) is 25.4 Å². The summed E-state index contributed by atoms with van der Waals surface area (Å²) in [4.78, 5) is 21.0. The quantitative estimate of drug-likeness (QED) is 0.427. The first-order chi connectivity index (χ1) is 5.70. The van der Waals surface area contributed by atoms with Crippen molar-refractivity contribution in [1.29, 1.82) is 0 Å². The van der Waals surface area contributed by atoms with Gasteiger partial charge in [-0.3, -0.25) is 0 Å². The van der Waals surface area contributed by atoms with Gasteiger partial charge in [-0.1, -0.05) is 13.8 Å². The molecule has 0 unspecified atom stereocenters. The molecule has 1 aliphatic rings. The smallest absolute Gasteiger partial charge is 0.122 e. The zero-order valence-corrected chi connectivity index (χ0v) is 9.72. The number of carbonyl (C=O) groups is 1. The summed E-state index contributed by atoms with van der Waals surface area (Å²) in [6, 6.07) is 0. The molecule has 1 radical (unpaired) electrons. The number of aldehydes is 1. The second-order valence-electron chi connectivity index (χ2n) is 3.17. The zero-order valence-electron chi connectivity index (χ0n) is 8.08. The number of amides is 1. The van der Waals surface area contributed by atoms with E-state index in [2.05, 4.69) is 0 Å². The molecule has 1 saturated heterocycles. The SMILES string of the molecule is CC(C)C=O.O=[C-]N1CCCC1.[Rh]. The minimum atomic E-state index is 0. The van der Waals surface area contributed by atoms with Gasteiger partial charge in [-0.05, 0) is 25.9 Å². The van der Waals surface area contributed by atoms with Crippen molar-refractivity contribution < 1.29 is 29.1 Å². The molecule has 1 fully saturated rings. The molecule has 0 bridgehead atoms. The Balaban J connectivity index is 0. The van der Waals surface area contributed by atoms with Gasteiger partial charge >= 0.3 is 0 Å². The molecule has 0 aromatic rings. The van der Waals surface area contributed by atoms with Crippen molar-refractivity contribution in [3.8, 4) is 0 Å². The molecule has 0 atom stereocenters. The predicted molar refractivity (Wildman–Crippen MR) is 47.4 cm³/mol. The molecule has 13 heavy (non-hydrogen) atoms. The molecule has 0 aliphatic carbocycles. The van der Waals surface area contributed by atoms with Crippen LogP contribution in [-0.2, 0) is 29.1 Å². The third kappa shape index (κ3) is 9.68. The second kappa shape index (κ2) is 9.85. The minimum absolute atomic E-state index is 0. The number of likely N-dealkylation sites (tertiary alicyclic amines) is 1. The second-order valence-corrected chi connectivity index (χ2v) is 3.17. The van der Waals surface area contributed by atoms with E-state index < -0.39 is 0 Å². The van der Waals surface area contributed by atoms with Gasteiger partial charge in [-0.25, -0.2) is 0 Å². The summed E-state index contributed by atoms with van der Waals surface area (Å²) in [5.74, 6) is 0.204. The summed E-state index contributed by atoms with van der Waals surface area (Å²) in [5, 5.41) is 0. The fourth-order valence-corrected chi connectivity index (χ4v) is 0.808. The van der Waals surface area contributed by atoms with Crippen LogP contribution >= 0.6 is 0 Å². The van der Waals surface area contributed by atoms with E-state index in [0.29, 0.717) is 0 Å². The summed E-state index contributed by atoms with van der Waals surface area (Å²) in [6.07, 6.45) is 5.09. The normalized spacial score (nSPS) is 14.2. The molecule has 79 valence electrons. The number of hydrogen-bond acceptors (Lipinski definition) is 2. The maximum atomic E-state index is 9.81. The van der Waals surface area contributed by atoms with Crippen LogP contribution < -0.4 is 0 Å². The third-order valence-electron chi connectivity index (χ3n) is 1.51. The van der Waals surface area contributed by atoms with Crippen LogP contribution in [0.4, 0.5) is 0 Å². The molecule has 0 saturated carbocycles. The van der Waals surface area contributed by atoms with E-state index in [-0.39, 0.29) is 25.4 Å². The van der Waals surface area contributed by atoms with Gasteiger partial charge in [0.15, 0.2) is 0 Å². The molecule has 1 amide bonds. The Morgan fingerprint density at radius 1 is 1.31 bits per heavy atom. The van der Waals surface area contributed by atoms with Crippen LogP contribution in [0.3, 0.4) is 0 Å². The van der Waals surface area contributed by atoms with Crippen molar-refractivity contribution in [3.63, 3.8) is 0 Å². The van der Waals surface area contributed by atoms with Crippen molar-refractivity contribution in [3.05, 3.63) is 0 Å². The molecule has 0 spiro atoms. The van der Waals surface area contributed by atoms with Crippen molar-refractivity contribution in [1.82, 2.24) is 4.90 Å². The zero-order chi connectivity index (χ0) is 9.40. The van der Waals surface area contributed by atoms with E-state index in [1.807, 2.05) is 20.3 Å². The number of hydrogen-bond donors (Lipinski definition) is 0. The van der Waals surface area contributed by atoms with Gasteiger partial charge in [0.05, 0.1) is 0 Å².